The van der Waals surface area contributed by atoms with Gasteiger partial charge >= 0.3 is 0 Å². The van der Waals surface area contributed by atoms with Crippen molar-refractivity contribution in [1.82, 2.24) is 65.4 Å². The number of benzene rings is 2. The molecule has 0 bridgehead atoms. The lowest BCUT2D eigenvalue weighted by Gasteiger charge is -2.34. The second-order valence-corrected chi connectivity index (χ2v) is 24.3. The number of hydrogen-bond donors (Lipinski definition) is 6. The lowest BCUT2D eigenvalue weighted by Crippen LogP contribution is -2.51. The predicted molar refractivity (Wildman–Crippen MR) is 337 cm³/mol. The Morgan fingerprint density at radius 1 is 0.815 bits per heavy atom. The number of nitrogens with one attached hydrogen (secondary N) is 5. The molecule has 26 nitrogen and oxygen atoms in total. The Balaban J connectivity index is 0.540. The fourth-order valence-electron chi connectivity index (χ4n) is 11.2. The highest BCUT2D eigenvalue weighted by Crippen LogP contribution is 2.41. The molecule has 0 spiro atoms. The number of carbonyl (C=O) groups excluding carboxylic acids is 5. The molecule has 2 aromatic carbocycles. The zero-order chi connectivity index (χ0) is 64.5. The smallest absolute Gasteiger partial charge is 0.254 e. The molecular formula is C64H81FN14O12S. The average Bonchev–Trinajstić information content (AvgIpc) is 1.60. The van der Waals surface area contributed by atoms with Crippen molar-refractivity contribution >= 4 is 58.0 Å². The van der Waals surface area contributed by atoms with E-state index >= 15 is 4.39 Å². The molecule has 6 N–H and O–H groups in total. The molecule has 2 aliphatic heterocycles. The molecule has 5 aromatic heterocycles. The van der Waals surface area contributed by atoms with Crippen LogP contribution in [0.15, 0.2) is 83.4 Å². The van der Waals surface area contributed by atoms with Gasteiger partial charge in [0.1, 0.15) is 23.5 Å². The first-order chi connectivity index (χ1) is 44.7. The van der Waals surface area contributed by atoms with Crippen LogP contribution >= 0.6 is 11.3 Å². The second-order valence-electron chi connectivity index (χ2n) is 23.4. The Bertz CT molecular complexity index is 3570. The summed E-state index contributed by atoms with van der Waals surface area (Å²) in [4.78, 5) is 87.6. The van der Waals surface area contributed by atoms with Crippen LogP contribution in [0, 0.1) is 25.6 Å². The number of imidazole rings is 1. The Kier molecular flexibility index (Phi) is 23.6. The Morgan fingerprint density at radius 2 is 1.49 bits per heavy atom. The van der Waals surface area contributed by atoms with Crippen molar-refractivity contribution in [3.63, 3.8) is 0 Å². The van der Waals surface area contributed by atoms with Gasteiger partial charge in [-0.2, -0.15) is 5.10 Å². The number of carbonyl (C=O) groups is 5. The minimum Gasteiger partial charge on any atom is -0.391 e. The number of fused-ring (bicyclic) bond motifs is 1. The van der Waals surface area contributed by atoms with Gasteiger partial charge in [0, 0.05) is 87.7 Å². The number of rotatable bonds is 34. The van der Waals surface area contributed by atoms with Gasteiger partial charge in [0.15, 0.2) is 11.5 Å². The predicted octanol–water partition coefficient (Wildman–Crippen LogP) is 5.33. The Morgan fingerprint density at radius 3 is 2.09 bits per heavy atom. The minimum atomic E-state index is -0.973. The van der Waals surface area contributed by atoms with Crippen LogP contribution in [-0.4, -0.2) is 215 Å². The number of aromatic nitrogens is 7. The molecular weight excluding hydrogens is 1210 g/mol. The van der Waals surface area contributed by atoms with Crippen LogP contribution in [0.4, 0.5) is 15.9 Å². The lowest BCUT2D eigenvalue weighted by atomic mass is 9.91. The molecule has 492 valence electrons. The van der Waals surface area contributed by atoms with Crippen molar-refractivity contribution in [1.29, 1.82) is 0 Å². The number of likely N-dealkylation sites (tertiary alicyclic amines) is 1. The molecule has 10 rings (SSSR count). The maximum absolute atomic E-state index is 15.6. The summed E-state index contributed by atoms with van der Waals surface area (Å²) in [6.45, 7) is 13.3. The number of piperazine rings is 1. The maximum Gasteiger partial charge on any atom is 0.254 e. The number of ether oxygens (including phenoxy) is 5. The molecule has 3 fully saturated rings. The van der Waals surface area contributed by atoms with E-state index in [1.807, 2.05) is 60.5 Å². The number of hydrogen-bond acceptors (Lipinski definition) is 20. The van der Waals surface area contributed by atoms with E-state index in [1.54, 1.807) is 54.1 Å². The molecule has 0 unspecified atom stereocenters. The first-order valence-corrected chi connectivity index (χ1v) is 32.1. The topological polar surface area (TPSA) is 307 Å². The van der Waals surface area contributed by atoms with Gasteiger partial charge in [0.25, 0.3) is 5.91 Å². The molecule has 4 atom stereocenters. The maximum atomic E-state index is 15.6. The molecule has 2 saturated heterocycles. The van der Waals surface area contributed by atoms with Crippen LogP contribution in [0.3, 0.4) is 0 Å². The van der Waals surface area contributed by atoms with Gasteiger partial charge in [-0.1, -0.05) is 43.3 Å². The summed E-state index contributed by atoms with van der Waals surface area (Å²) in [5.41, 5.74) is 8.49. The van der Waals surface area contributed by atoms with Gasteiger partial charge in [0.2, 0.25) is 23.6 Å². The van der Waals surface area contributed by atoms with Crippen LogP contribution < -0.4 is 21.3 Å². The number of anilines is 2. The highest BCUT2D eigenvalue weighted by molar-refractivity contribution is 7.13. The van der Waals surface area contributed by atoms with Crippen LogP contribution in [0.5, 0.6) is 0 Å². The summed E-state index contributed by atoms with van der Waals surface area (Å²) >= 11 is 1.52. The SMILES string of the molecule is Cc1cc([C@H](C(=O)N2C[C@H](O)C[C@H]2C(=O)N[C@@H](CC(=O)NCCOCCOCCOCCOCCOCCNC(=O)CN2CCN(C(=O)c3ccc(Nc4nc(C5CC5)cn5c(-c6cn[nH]c6)cnc45)c(F)c3)CC2)c2ccc(-c3scnc3C)cc2)C(C)C)on1. The number of nitrogens with zero attached hydrogens (tertiary/aromatic N) is 9. The van der Waals surface area contributed by atoms with Crippen molar-refractivity contribution in [2.45, 2.75) is 83.4 Å². The third kappa shape index (κ3) is 17.9. The summed E-state index contributed by atoms with van der Waals surface area (Å²) in [7, 11) is 0. The zero-order valence-corrected chi connectivity index (χ0v) is 53.1. The number of β-amino-alcohol motifs (C(OH)–C–C–N with tert-alkyl or cyclic N) is 1. The fourth-order valence-corrected chi connectivity index (χ4v) is 12.0. The van der Waals surface area contributed by atoms with Gasteiger partial charge in [0.05, 0.1) is 142 Å². The molecule has 3 aliphatic rings. The second kappa shape index (κ2) is 32.5. The van der Waals surface area contributed by atoms with Crippen molar-refractivity contribution < 1.29 is 61.7 Å². The first kappa shape index (κ1) is 66.8. The third-order valence-electron chi connectivity index (χ3n) is 16.2. The highest BCUT2D eigenvalue weighted by Gasteiger charge is 2.44. The van der Waals surface area contributed by atoms with Crippen LogP contribution in [0.25, 0.3) is 27.3 Å². The Labute approximate surface area is 536 Å². The molecule has 7 aromatic rings. The number of aryl methyl sites for hydroxylation is 2. The molecule has 5 amide bonds. The summed E-state index contributed by atoms with van der Waals surface area (Å²) in [5, 5.41) is 33.5. The highest BCUT2D eigenvalue weighted by atomic mass is 32.1. The van der Waals surface area contributed by atoms with Crippen LogP contribution in [-0.2, 0) is 42.9 Å². The quantitative estimate of drug-likeness (QED) is 0.0278. The van der Waals surface area contributed by atoms with E-state index in [9.17, 15) is 29.1 Å². The number of halogens is 1. The normalized spacial score (nSPS) is 16.7. The monoisotopic (exact) mass is 1290 g/mol. The summed E-state index contributed by atoms with van der Waals surface area (Å²) in [5.74, 6) is -1.90. The third-order valence-corrected chi connectivity index (χ3v) is 17.2. The van der Waals surface area contributed by atoms with Crippen molar-refractivity contribution in [3.8, 4) is 21.7 Å². The number of amides is 5. The zero-order valence-electron chi connectivity index (χ0n) is 52.3. The van der Waals surface area contributed by atoms with Gasteiger partial charge in [-0.05, 0) is 61.9 Å². The lowest BCUT2D eigenvalue weighted by molar-refractivity contribution is -0.141. The molecule has 0 radical (unpaired) electrons. The van der Waals surface area contributed by atoms with Gasteiger partial charge in [-0.25, -0.2) is 19.3 Å². The summed E-state index contributed by atoms with van der Waals surface area (Å²) < 4.78 is 51.2. The number of H-pyrrole nitrogens is 1. The van der Waals surface area contributed by atoms with Crippen molar-refractivity contribution in [2.24, 2.45) is 5.92 Å². The van der Waals surface area contributed by atoms with E-state index in [4.69, 9.17) is 33.2 Å². The molecule has 28 heteroatoms. The van der Waals surface area contributed by atoms with E-state index in [-0.39, 0.29) is 79.9 Å². The fraction of sp³-hybridized carbons (Fsp3) is 0.500. The molecule has 92 heavy (non-hydrogen) atoms. The molecule has 7 heterocycles. The number of aliphatic hydroxyl groups is 1. The van der Waals surface area contributed by atoms with E-state index in [1.165, 1.54) is 22.3 Å². The van der Waals surface area contributed by atoms with Gasteiger partial charge < -0.3 is 64.4 Å². The van der Waals surface area contributed by atoms with Gasteiger partial charge in [-0.3, -0.25) is 38.4 Å². The number of thiazole rings is 1. The summed E-state index contributed by atoms with van der Waals surface area (Å²) in [6.07, 6.45) is 8.33. The van der Waals surface area contributed by atoms with Crippen LogP contribution in [0.1, 0.15) is 96.2 Å². The standard InChI is InChI=1S/C64H81FN14O12S/c1-40(2)58(55-29-41(3)75-91-55)64(85)79-36-48(80)31-53(79)62(83)74-51(43-7-9-45(10-8-43)59-42(4)69-39-92-59)32-56(81)66-13-19-86-21-23-88-25-27-90-28-26-89-24-22-87-20-14-67-57(82)38-76-15-17-77(18-16-76)63(84)46-11-12-50(49(65)30-46)72-60-61-68-35-54(47-33-70-71-34-47)78(61)37-52(73-60)44-5-6-44/h7-12,29-30,33-35,37,39-40,44,48,51,53,58,80H,5-6,13-28,31-32,36,38H2,1-4H3,(H,66,81)(H,67,82)(H,70,71)(H,72,73)(H,74,83)/t48-,51+,53+,58-/m1/s1. The first-order valence-electron chi connectivity index (χ1n) is 31.3. The van der Waals surface area contributed by atoms with E-state index in [0.717, 1.165) is 45.9 Å². The van der Waals surface area contributed by atoms with Gasteiger partial charge in [-0.15, -0.1) is 11.3 Å². The van der Waals surface area contributed by atoms with E-state index < -0.39 is 35.8 Å². The summed E-state index contributed by atoms with van der Waals surface area (Å²) in [6, 6.07) is 12.0. The number of aliphatic hydroxyl groups excluding tert-OH is 1. The average molecular weight is 1290 g/mol. The van der Waals surface area contributed by atoms with E-state index in [2.05, 4.69) is 46.6 Å². The van der Waals surface area contributed by atoms with Crippen LogP contribution in [0.2, 0.25) is 0 Å². The number of aromatic amines is 1. The minimum absolute atomic E-state index is 0.0191. The van der Waals surface area contributed by atoms with Crippen molar-refractivity contribution in [2.75, 3.05) is 124 Å². The molecule has 1 aliphatic carbocycles. The van der Waals surface area contributed by atoms with Crippen molar-refractivity contribution in [3.05, 3.63) is 119 Å². The largest absolute Gasteiger partial charge is 0.391 e. The molecule has 1 saturated carbocycles. The van der Waals surface area contributed by atoms with E-state index in [0.29, 0.717) is 127 Å². The Hall–Kier alpha value is -8.09.